The highest BCUT2D eigenvalue weighted by Crippen LogP contribution is 2.46. The molecule has 0 bridgehead atoms. The second-order valence-corrected chi connectivity index (χ2v) is 11.0. The Kier molecular flexibility index (Phi) is 6.67. The number of hydrogen-bond acceptors (Lipinski definition) is 2. The highest BCUT2D eigenvalue weighted by atomic mass is 16.6. The summed E-state index contributed by atoms with van der Waals surface area (Å²) >= 11 is 0. The van der Waals surface area contributed by atoms with Crippen LogP contribution in [-0.2, 0) is 9.53 Å². The molecule has 2 aliphatic carbocycles. The average Bonchev–Trinajstić information content (AvgIpc) is 2.98. The third kappa shape index (κ3) is 5.60. The molecule has 0 aliphatic heterocycles. The molecule has 0 saturated heterocycles. The van der Waals surface area contributed by atoms with Crippen LogP contribution in [-0.4, -0.2) is 11.6 Å². The van der Waals surface area contributed by atoms with E-state index in [9.17, 15) is 4.79 Å². The molecule has 26 heavy (non-hydrogen) atoms. The summed E-state index contributed by atoms with van der Waals surface area (Å²) in [7, 11) is 0. The fraction of sp³-hybridized carbons (Fsp3) is 0.875. The van der Waals surface area contributed by atoms with Crippen molar-refractivity contribution < 1.29 is 9.53 Å². The van der Waals surface area contributed by atoms with Crippen LogP contribution in [0.3, 0.4) is 0 Å². The molecular formula is C24H42O2. The largest absolute Gasteiger partial charge is 0.456 e. The Balaban J connectivity index is 2.16. The number of hydrogen-bond donors (Lipinski definition) is 0. The van der Waals surface area contributed by atoms with Gasteiger partial charge in [-0.15, -0.1) is 0 Å². The van der Waals surface area contributed by atoms with E-state index in [-0.39, 0.29) is 17.0 Å². The Bertz CT molecular complexity index is 515. The van der Waals surface area contributed by atoms with Crippen LogP contribution in [0.4, 0.5) is 0 Å². The molecule has 0 N–H and O–H groups in total. The molecule has 0 aromatic rings. The van der Waals surface area contributed by atoms with Crippen LogP contribution in [0, 0.1) is 22.7 Å². The first-order valence-corrected chi connectivity index (χ1v) is 10.9. The lowest BCUT2D eigenvalue weighted by molar-refractivity contribution is -0.152. The number of allylic oxidation sites excluding steroid dienone is 1. The van der Waals surface area contributed by atoms with Crippen molar-refractivity contribution in [2.24, 2.45) is 22.7 Å². The van der Waals surface area contributed by atoms with E-state index >= 15 is 0 Å². The maximum atomic E-state index is 12.8. The Hall–Kier alpha value is -0.790. The zero-order chi connectivity index (χ0) is 19.6. The van der Waals surface area contributed by atoms with Crippen molar-refractivity contribution in [2.45, 2.75) is 112 Å². The molecule has 0 aromatic carbocycles. The van der Waals surface area contributed by atoms with E-state index in [0.29, 0.717) is 17.3 Å². The van der Waals surface area contributed by atoms with Crippen molar-refractivity contribution in [2.75, 3.05) is 0 Å². The minimum absolute atomic E-state index is 0.0403. The van der Waals surface area contributed by atoms with Gasteiger partial charge in [-0.05, 0) is 81.0 Å². The van der Waals surface area contributed by atoms with Gasteiger partial charge in [-0.1, -0.05) is 54.0 Å². The van der Waals surface area contributed by atoms with E-state index < -0.39 is 0 Å². The Morgan fingerprint density at radius 1 is 1.19 bits per heavy atom. The first-order valence-electron chi connectivity index (χ1n) is 10.9. The Morgan fingerprint density at radius 3 is 2.35 bits per heavy atom. The zero-order valence-electron chi connectivity index (χ0n) is 18.4. The van der Waals surface area contributed by atoms with Gasteiger partial charge >= 0.3 is 5.97 Å². The number of ether oxygens (including phenoxy) is 1. The average molecular weight is 363 g/mol. The molecule has 150 valence electrons. The first kappa shape index (κ1) is 21.5. The Labute approximate surface area is 162 Å². The Morgan fingerprint density at radius 2 is 1.81 bits per heavy atom. The van der Waals surface area contributed by atoms with Crippen LogP contribution in [0.5, 0.6) is 0 Å². The van der Waals surface area contributed by atoms with Crippen molar-refractivity contribution in [3.8, 4) is 0 Å². The molecule has 1 fully saturated rings. The maximum absolute atomic E-state index is 12.8. The predicted molar refractivity (Wildman–Crippen MR) is 110 cm³/mol. The lowest BCUT2D eigenvalue weighted by Crippen LogP contribution is -2.34. The third-order valence-electron chi connectivity index (χ3n) is 7.02. The SMILES string of the molecule is CCC(C)(C)CC(C1C=C(C(=O)OC2(C)CCCC2)CCC1)C(C)(C)C. The summed E-state index contributed by atoms with van der Waals surface area (Å²) < 4.78 is 5.97. The maximum Gasteiger partial charge on any atom is 0.334 e. The molecule has 0 spiro atoms. The van der Waals surface area contributed by atoms with Crippen LogP contribution in [0.2, 0.25) is 0 Å². The molecule has 2 atom stereocenters. The molecule has 2 rings (SSSR count). The van der Waals surface area contributed by atoms with Crippen LogP contribution in [0.15, 0.2) is 11.6 Å². The molecule has 2 heteroatoms. The summed E-state index contributed by atoms with van der Waals surface area (Å²) in [6.07, 6.45) is 12.3. The quantitative estimate of drug-likeness (QED) is 0.472. The zero-order valence-corrected chi connectivity index (χ0v) is 18.4. The summed E-state index contributed by atoms with van der Waals surface area (Å²) in [6.45, 7) is 16.3. The number of carbonyl (C=O) groups is 1. The van der Waals surface area contributed by atoms with Crippen molar-refractivity contribution in [3.63, 3.8) is 0 Å². The van der Waals surface area contributed by atoms with E-state index in [1.165, 1.54) is 32.1 Å². The molecule has 0 amide bonds. The molecule has 0 radical (unpaired) electrons. The van der Waals surface area contributed by atoms with Crippen molar-refractivity contribution >= 4 is 5.97 Å². The van der Waals surface area contributed by atoms with Crippen molar-refractivity contribution in [1.29, 1.82) is 0 Å². The van der Waals surface area contributed by atoms with Gasteiger partial charge in [0.25, 0.3) is 0 Å². The van der Waals surface area contributed by atoms with Crippen LogP contribution < -0.4 is 0 Å². The smallest absolute Gasteiger partial charge is 0.334 e. The number of esters is 1. The molecule has 2 aliphatic rings. The molecular weight excluding hydrogens is 320 g/mol. The van der Waals surface area contributed by atoms with Crippen LogP contribution in [0.25, 0.3) is 0 Å². The van der Waals surface area contributed by atoms with Gasteiger partial charge in [0, 0.05) is 5.57 Å². The second-order valence-electron chi connectivity index (χ2n) is 11.0. The summed E-state index contributed by atoms with van der Waals surface area (Å²) in [5, 5.41) is 0. The second kappa shape index (κ2) is 8.07. The minimum atomic E-state index is -0.224. The highest BCUT2D eigenvalue weighted by molar-refractivity contribution is 5.89. The minimum Gasteiger partial charge on any atom is -0.456 e. The fourth-order valence-corrected chi connectivity index (χ4v) is 4.79. The molecule has 1 saturated carbocycles. The van der Waals surface area contributed by atoms with Gasteiger partial charge in [-0.25, -0.2) is 4.79 Å². The monoisotopic (exact) mass is 362 g/mol. The van der Waals surface area contributed by atoms with E-state index in [1.54, 1.807) is 0 Å². The van der Waals surface area contributed by atoms with Gasteiger partial charge in [-0.3, -0.25) is 0 Å². The van der Waals surface area contributed by atoms with E-state index in [2.05, 4.69) is 54.5 Å². The number of carbonyl (C=O) groups excluding carboxylic acids is 1. The van der Waals surface area contributed by atoms with Gasteiger partial charge in [0.1, 0.15) is 5.60 Å². The van der Waals surface area contributed by atoms with Gasteiger partial charge in [-0.2, -0.15) is 0 Å². The van der Waals surface area contributed by atoms with Gasteiger partial charge < -0.3 is 4.74 Å². The van der Waals surface area contributed by atoms with E-state index in [1.807, 2.05) is 0 Å². The van der Waals surface area contributed by atoms with Crippen molar-refractivity contribution in [3.05, 3.63) is 11.6 Å². The summed E-state index contributed by atoms with van der Waals surface area (Å²) in [6, 6.07) is 0. The molecule has 0 aromatic heterocycles. The predicted octanol–water partition coefficient (Wildman–Crippen LogP) is 7.08. The topological polar surface area (TPSA) is 26.3 Å². The molecule has 2 nitrogen and oxygen atoms in total. The van der Waals surface area contributed by atoms with E-state index in [4.69, 9.17) is 4.74 Å². The lowest BCUT2D eigenvalue weighted by atomic mass is 9.63. The first-order chi connectivity index (χ1) is 12.0. The summed E-state index contributed by atoms with van der Waals surface area (Å²) in [4.78, 5) is 12.8. The van der Waals surface area contributed by atoms with Crippen LogP contribution in [0.1, 0.15) is 106 Å². The standard InChI is InChI=1S/C24H42O2/c1-8-23(5,6)17-20(22(2,3)4)18-12-11-13-19(16-18)21(25)26-24(7)14-9-10-15-24/h16,18,20H,8-15,17H2,1-7H3. The van der Waals surface area contributed by atoms with Gasteiger partial charge in [0.2, 0.25) is 0 Å². The highest BCUT2D eigenvalue weighted by Gasteiger charge is 2.38. The van der Waals surface area contributed by atoms with Gasteiger partial charge in [0.05, 0.1) is 0 Å². The van der Waals surface area contributed by atoms with Crippen LogP contribution >= 0.6 is 0 Å². The van der Waals surface area contributed by atoms with Gasteiger partial charge in [0.15, 0.2) is 0 Å². The summed E-state index contributed by atoms with van der Waals surface area (Å²) in [5.41, 5.74) is 1.31. The third-order valence-corrected chi connectivity index (χ3v) is 7.02. The summed E-state index contributed by atoms with van der Waals surface area (Å²) in [5.74, 6) is 1.05. The van der Waals surface area contributed by atoms with E-state index in [0.717, 1.165) is 31.3 Å². The normalized spacial score (nSPS) is 24.9. The molecule has 2 unspecified atom stereocenters. The van der Waals surface area contributed by atoms with Crippen molar-refractivity contribution in [1.82, 2.24) is 0 Å². The number of rotatable bonds is 6. The lowest BCUT2D eigenvalue weighted by Gasteiger charge is -2.42. The molecule has 0 heterocycles. The fourth-order valence-electron chi connectivity index (χ4n) is 4.79.